The van der Waals surface area contributed by atoms with E-state index in [-0.39, 0.29) is 0 Å². The molecular weight excluding hydrogens is 379 g/mol. The lowest BCUT2D eigenvalue weighted by Crippen LogP contribution is -2.18. The zero-order chi connectivity index (χ0) is 20.6. The summed E-state index contributed by atoms with van der Waals surface area (Å²) in [4.78, 5) is 17.0. The van der Waals surface area contributed by atoms with E-state index in [1.165, 1.54) is 12.1 Å². The standard InChI is InChI=1S/C22H16F3N3O/c1-28-19-9-5-4-8-18(19)27-20(28)14-10-12-15(13-11-14)26-21(29)16-6-2-3-7-17(16)22(23,24)25/h2-13H,1H3,(H,26,29). The number of carbonyl (C=O) groups is 1. The highest BCUT2D eigenvalue weighted by Gasteiger charge is 2.34. The number of nitrogens with zero attached hydrogens (tertiary/aromatic N) is 2. The molecule has 0 aliphatic heterocycles. The molecule has 0 aliphatic carbocycles. The summed E-state index contributed by atoms with van der Waals surface area (Å²) in [6.07, 6.45) is -4.60. The maximum absolute atomic E-state index is 13.1. The van der Waals surface area contributed by atoms with Gasteiger partial charge in [0.25, 0.3) is 5.91 Å². The molecule has 146 valence electrons. The Labute approximate surface area is 164 Å². The maximum atomic E-state index is 13.1. The van der Waals surface area contributed by atoms with Gasteiger partial charge in [0.05, 0.1) is 22.2 Å². The van der Waals surface area contributed by atoms with Crippen molar-refractivity contribution in [3.8, 4) is 11.4 Å². The highest BCUT2D eigenvalue weighted by molar-refractivity contribution is 6.05. The van der Waals surface area contributed by atoms with E-state index >= 15 is 0 Å². The number of rotatable bonds is 3. The van der Waals surface area contributed by atoms with Crippen LogP contribution in [0.2, 0.25) is 0 Å². The number of aromatic nitrogens is 2. The number of hydrogen-bond acceptors (Lipinski definition) is 2. The fourth-order valence-electron chi connectivity index (χ4n) is 3.23. The quantitative estimate of drug-likeness (QED) is 0.497. The molecule has 0 fully saturated rings. The van der Waals surface area contributed by atoms with Crippen LogP contribution < -0.4 is 5.32 Å². The van der Waals surface area contributed by atoms with Crippen molar-refractivity contribution in [1.29, 1.82) is 0 Å². The normalized spacial score (nSPS) is 11.6. The van der Waals surface area contributed by atoms with Crippen LogP contribution in [0.15, 0.2) is 72.8 Å². The van der Waals surface area contributed by atoms with Crippen LogP contribution in [-0.4, -0.2) is 15.5 Å². The summed E-state index contributed by atoms with van der Waals surface area (Å²) in [6, 6.07) is 19.3. The lowest BCUT2D eigenvalue weighted by molar-refractivity contribution is -0.137. The molecule has 7 heteroatoms. The average Bonchev–Trinajstić information content (AvgIpc) is 3.05. The fourth-order valence-corrected chi connectivity index (χ4v) is 3.23. The molecule has 0 saturated heterocycles. The van der Waals surface area contributed by atoms with Crippen LogP contribution in [0.4, 0.5) is 18.9 Å². The van der Waals surface area contributed by atoms with E-state index in [9.17, 15) is 18.0 Å². The summed E-state index contributed by atoms with van der Waals surface area (Å²) in [6.45, 7) is 0. The number of aryl methyl sites for hydroxylation is 1. The SMILES string of the molecule is Cn1c(-c2ccc(NC(=O)c3ccccc3C(F)(F)F)cc2)nc2ccccc21. The highest BCUT2D eigenvalue weighted by Crippen LogP contribution is 2.32. The van der Waals surface area contributed by atoms with Crippen molar-refractivity contribution in [1.82, 2.24) is 9.55 Å². The van der Waals surface area contributed by atoms with Gasteiger partial charge < -0.3 is 9.88 Å². The van der Waals surface area contributed by atoms with Crippen LogP contribution in [0.1, 0.15) is 15.9 Å². The predicted octanol–water partition coefficient (Wildman–Crippen LogP) is 5.51. The predicted molar refractivity (Wildman–Crippen MR) is 106 cm³/mol. The first-order valence-corrected chi connectivity index (χ1v) is 8.84. The van der Waals surface area contributed by atoms with Crippen LogP contribution >= 0.6 is 0 Å². The van der Waals surface area contributed by atoms with Crippen LogP contribution in [-0.2, 0) is 13.2 Å². The summed E-state index contributed by atoms with van der Waals surface area (Å²) < 4.78 is 41.3. The number of para-hydroxylation sites is 2. The Morgan fingerprint density at radius 3 is 2.28 bits per heavy atom. The molecule has 4 rings (SSSR count). The zero-order valence-corrected chi connectivity index (χ0v) is 15.4. The van der Waals surface area contributed by atoms with Crippen LogP contribution in [0.25, 0.3) is 22.4 Å². The summed E-state index contributed by atoms with van der Waals surface area (Å²) >= 11 is 0. The number of nitrogens with one attached hydrogen (secondary N) is 1. The first kappa shape index (κ1) is 18.7. The molecule has 0 atom stereocenters. The smallest absolute Gasteiger partial charge is 0.327 e. The van der Waals surface area contributed by atoms with Crippen molar-refractivity contribution in [3.63, 3.8) is 0 Å². The van der Waals surface area contributed by atoms with Gasteiger partial charge in [-0.25, -0.2) is 4.98 Å². The second-order valence-corrected chi connectivity index (χ2v) is 6.56. The number of anilines is 1. The molecule has 29 heavy (non-hydrogen) atoms. The Morgan fingerprint density at radius 1 is 0.931 bits per heavy atom. The van der Waals surface area contributed by atoms with E-state index in [1.807, 2.05) is 35.9 Å². The third-order valence-corrected chi connectivity index (χ3v) is 4.67. The van der Waals surface area contributed by atoms with Crippen molar-refractivity contribution in [3.05, 3.63) is 83.9 Å². The number of carbonyl (C=O) groups excluding carboxylic acids is 1. The molecule has 1 heterocycles. The van der Waals surface area contributed by atoms with Gasteiger partial charge in [-0.15, -0.1) is 0 Å². The molecule has 1 N–H and O–H groups in total. The molecule has 0 spiro atoms. The molecule has 0 radical (unpaired) electrons. The minimum atomic E-state index is -4.60. The molecule has 0 aliphatic rings. The minimum absolute atomic E-state index is 0.398. The Morgan fingerprint density at radius 2 is 1.59 bits per heavy atom. The van der Waals surface area contributed by atoms with Crippen LogP contribution in [0, 0.1) is 0 Å². The number of amides is 1. The number of benzene rings is 3. The molecule has 0 saturated carbocycles. The largest absolute Gasteiger partial charge is 0.417 e. The summed E-state index contributed by atoms with van der Waals surface area (Å²) in [5.41, 5.74) is 1.70. The Balaban J connectivity index is 1.59. The molecule has 1 aromatic heterocycles. The van der Waals surface area contributed by atoms with Gasteiger partial charge in [-0.2, -0.15) is 13.2 Å². The third kappa shape index (κ3) is 3.59. The van der Waals surface area contributed by atoms with E-state index in [0.717, 1.165) is 34.6 Å². The molecular formula is C22H16F3N3O. The van der Waals surface area contributed by atoms with Crippen LogP contribution in [0.3, 0.4) is 0 Å². The van der Waals surface area contributed by atoms with Crippen molar-refractivity contribution >= 4 is 22.6 Å². The number of imidazole rings is 1. The number of halogens is 3. The summed E-state index contributed by atoms with van der Waals surface area (Å²) in [7, 11) is 1.91. The van der Waals surface area contributed by atoms with Gasteiger partial charge in [-0.05, 0) is 48.5 Å². The summed E-state index contributed by atoms with van der Waals surface area (Å²) in [5, 5.41) is 2.52. The van der Waals surface area contributed by atoms with Gasteiger partial charge in [0.2, 0.25) is 0 Å². The van der Waals surface area contributed by atoms with E-state index in [1.54, 1.807) is 24.3 Å². The molecule has 0 bridgehead atoms. The molecule has 0 unspecified atom stereocenters. The van der Waals surface area contributed by atoms with Gasteiger partial charge in [-0.3, -0.25) is 4.79 Å². The van der Waals surface area contributed by atoms with Crippen molar-refractivity contribution in [2.75, 3.05) is 5.32 Å². The number of fused-ring (bicyclic) bond motifs is 1. The van der Waals surface area contributed by atoms with Gasteiger partial charge >= 0.3 is 6.18 Å². The fraction of sp³-hybridized carbons (Fsp3) is 0.0909. The van der Waals surface area contributed by atoms with Gasteiger partial charge in [0.15, 0.2) is 0 Å². The molecule has 3 aromatic carbocycles. The van der Waals surface area contributed by atoms with Crippen molar-refractivity contribution in [2.24, 2.45) is 7.05 Å². The van der Waals surface area contributed by atoms with E-state index in [0.29, 0.717) is 5.69 Å². The van der Waals surface area contributed by atoms with Crippen molar-refractivity contribution < 1.29 is 18.0 Å². The molecule has 1 amide bonds. The second-order valence-electron chi connectivity index (χ2n) is 6.56. The Hall–Kier alpha value is -3.61. The van der Waals surface area contributed by atoms with E-state index in [2.05, 4.69) is 10.3 Å². The monoisotopic (exact) mass is 395 g/mol. The van der Waals surface area contributed by atoms with Gasteiger partial charge in [0, 0.05) is 18.3 Å². The summed E-state index contributed by atoms with van der Waals surface area (Å²) in [5.74, 6) is -0.0556. The lowest BCUT2D eigenvalue weighted by Gasteiger charge is -2.13. The number of hydrogen-bond donors (Lipinski definition) is 1. The van der Waals surface area contributed by atoms with Gasteiger partial charge in [0.1, 0.15) is 5.82 Å². The first-order chi connectivity index (χ1) is 13.8. The van der Waals surface area contributed by atoms with E-state index < -0.39 is 23.2 Å². The Bertz CT molecular complexity index is 1190. The molecule has 4 nitrogen and oxygen atoms in total. The Kier molecular flexibility index (Phi) is 4.58. The average molecular weight is 395 g/mol. The topological polar surface area (TPSA) is 46.9 Å². The lowest BCUT2D eigenvalue weighted by atomic mass is 10.1. The number of alkyl halides is 3. The van der Waals surface area contributed by atoms with Crippen molar-refractivity contribution in [2.45, 2.75) is 6.18 Å². The minimum Gasteiger partial charge on any atom is -0.327 e. The van der Waals surface area contributed by atoms with Gasteiger partial charge in [-0.1, -0.05) is 24.3 Å². The van der Waals surface area contributed by atoms with E-state index in [4.69, 9.17) is 0 Å². The first-order valence-electron chi connectivity index (χ1n) is 8.84. The maximum Gasteiger partial charge on any atom is 0.417 e. The third-order valence-electron chi connectivity index (χ3n) is 4.67. The molecule has 4 aromatic rings. The zero-order valence-electron chi connectivity index (χ0n) is 15.4. The van der Waals surface area contributed by atoms with Crippen LogP contribution in [0.5, 0.6) is 0 Å². The second kappa shape index (κ2) is 7.09. The highest BCUT2D eigenvalue weighted by atomic mass is 19.4.